The minimum Gasteiger partial charge on any atom is -0.461 e. The molecular weight excluding hydrogens is 546 g/mol. The number of anilines is 4. The maximum absolute atomic E-state index is 12.4. The van der Waals surface area contributed by atoms with Crippen molar-refractivity contribution in [3.05, 3.63) is 71.9 Å². The second-order valence-electron chi connectivity index (χ2n) is 11.2. The highest BCUT2D eigenvalue weighted by Crippen LogP contribution is 2.30. The topological polar surface area (TPSA) is 143 Å². The van der Waals surface area contributed by atoms with Crippen molar-refractivity contribution in [3.63, 3.8) is 0 Å². The molecule has 0 atom stereocenters. The van der Waals surface area contributed by atoms with Gasteiger partial charge in [-0.25, -0.2) is 4.98 Å². The van der Waals surface area contributed by atoms with Crippen LogP contribution in [0.15, 0.2) is 60.8 Å². The van der Waals surface area contributed by atoms with E-state index in [4.69, 9.17) is 10.5 Å². The first-order valence-corrected chi connectivity index (χ1v) is 14.8. The van der Waals surface area contributed by atoms with E-state index in [-0.39, 0.29) is 29.4 Å². The predicted molar refractivity (Wildman–Crippen MR) is 165 cm³/mol. The highest BCUT2D eigenvalue weighted by molar-refractivity contribution is 5.97. The largest absolute Gasteiger partial charge is 0.461 e. The Morgan fingerprint density at radius 1 is 0.953 bits per heavy atom. The van der Waals surface area contributed by atoms with Crippen LogP contribution in [0.4, 0.5) is 23.1 Å². The van der Waals surface area contributed by atoms with E-state index >= 15 is 0 Å². The maximum Gasteiger partial charge on any atom is 0.306 e. The molecule has 2 heterocycles. The Kier molecular flexibility index (Phi) is 9.70. The Labute approximate surface area is 251 Å². The Morgan fingerprint density at radius 3 is 2.30 bits per heavy atom. The number of hydrogen-bond donors (Lipinski definition) is 3. The van der Waals surface area contributed by atoms with Gasteiger partial charge in [0.15, 0.2) is 0 Å². The monoisotopic (exact) mass is 585 g/mol. The van der Waals surface area contributed by atoms with E-state index < -0.39 is 5.91 Å². The van der Waals surface area contributed by atoms with Crippen molar-refractivity contribution in [1.29, 1.82) is 0 Å². The van der Waals surface area contributed by atoms with Gasteiger partial charge in [-0.3, -0.25) is 14.4 Å². The smallest absolute Gasteiger partial charge is 0.306 e. The summed E-state index contributed by atoms with van der Waals surface area (Å²) in [5, 5.41) is 6.61. The molecule has 11 nitrogen and oxygen atoms in total. The lowest BCUT2D eigenvalue weighted by molar-refractivity contribution is -0.146. The van der Waals surface area contributed by atoms with Crippen molar-refractivity contribution < 1.29 is 19.1 Å². The van der Waals surface area contributed by atoms with Gasteiger partial charge in [0, 0.05) is 63.1 Å². The normalized spacial score (nSPS) is 18.5. The van der Waals surface area contributed by atoms with Crippen molar-refractivity contribution in [1.82, 2.24) is 14.9 Å². The molecule has 0 unspecified atom stereocenters. The molecule has 0 spiro atoms. The van der Waals surface area contributed by atoms with Crippen LogP contribution in [0, 0.1) is 5.92 Å². The Bertz CT molecular complexity index is 1400. The van der Waals surface area contributed by atoms with Crippen LogP contribution in [0.25, 0.3) is 0 Å². The van der Waals surface area contributed by atoms with E-state index in [9.17, 15) is 14.4 Å². The molecule has 226 valence electrons. The zero-order chi connectivity index (χ0) is 30.2. The fourth-order valence-electron chi connectivity index (χ4n) is 5.63. The molecule has 2 aliphatic rings. The van der Waals surface area contributed by atoms with Gasteiger partial charge in [0.2, 0.25) is 11.9 Å². The zero-order valence-corrected chi connectivity index (χ0v) is 24.5. The van der Waals surface area contributed by atoms with E-state index in [1.54, 1.807) is 6.92 Å². The molecule has 2 aromatic carbocycles. The summed E-state index contributed by atoms with van der Waals surface area (Å²) in [6.07, 6.45) is 5.26. The number of ether oxygens (including phenoxy) is 1. The van der Waals surface area contributed by atoms with E-state index in [1.807, 2.05) is 59.5 Å². The van der Waals surface area contributed by atoms with E-state index in [0.717, 1.165) is 55.7 Å². The Balaban J connectivity index is 1.13. The number of nitrogens with two attached hydrogens (primary N) is 1. The van der Waals surface area contributed by atoms with Crippen LogP contribution in [0.3, 0.4) is 0 Å². The number of aromatic nitrogens is 2. The average molecular weight is 586 g/mol. The number of rotatable bonds is 10. The maximum atomic E-state index is 12.4. The summed E-state index contributed by atoms with van der Waals surface area (Å²) >= 11 is 0. The van der Waals surface area contributed by atoms with Gasteiger partial charge in [-0.05, 0) is 61.4 Å². The molecule has 0 radical (unpaired) electrons. The quantitative estimate of drug-likeness (QED) is 0.300. The van der Waals surface area contributed by atoms with Gasteiger partial charge in [0.1, 0.15) is 12.4 Å². The summed E-state index contributed by atoms with van der Waals surface area (Å²) in [6.45, 7) is 4.91. The third-order valence-corrected chi connectivity index (χ3v) is 8.15. The summed E-state index contributed by atoms with van der Waals surface area (Å²) < 4.78 is 5.46. The third-order valence-electron chi connectivity index (χ3n) is 8.15. The van der Waals surface area contributed by atoms with Crippen molar-refractivity contribution in [2.45, 2.75) is 51.7 Å². The Hall–Kier alpha value is -4.67. The number of esters is 1. The molecule has 1 aromatic heterocycles. The fraction of sp³-hybridized carbons (Fsp3) is 0.406. The van der Waals surface area contributed by atoms with Gasteiger partial charge in [-0.1, -0.05) is 30.3 Å². The van der Waals surface area contributed by atoms with Gasteiger partial charge >= 0.3 is 5.97 Å². The summed E-state index contributed by atoms with van der Waals surface area (Å²) in [6, 6.07) is 17.7. The number of amides is 2. The first-order valence-electron chi connectivity index (χ1n) is 14.8. The molecule has 1 aliphatic carbocycles. The van der Waals surface area contributed by atoms with Crippen molar-refractivity contribution in [3.8, 4) is 0 Å². The van der Waals surface area contributed by atoms with Gasteiger partial charge in [0.05, 0.1) is 5.56 Å². The number of nitrogens with zero attached hydrogens (tertiary/aromatic N) is 4. The molecule has 1 saturated carbocycles. The van der Waals surface area contributed by atoms with Crippen LogP contribution in [0.5, 0.6) is 0 Å². The molecule has 1 aliphatic heterocycles. The van der Waals surface area contributed by atoms with Gasteiger partial charge in [0.25, 0.3) is 5.91 Å². The second-order valence-corrected chi connectivity index (χ2v) is 11.2. The standard InChI is InChI=1S/C32H39N7O4/c1-22(40)38-15-17-39(18-16-38)27-13-11-26(12-14-27)36-32-34-20-28(30(33)42)31(37-32)35-25-9-7-23(8-10-25)19-29(41)43-21-24-5-3-2-4-6-24/h2-6,11-14,20,23,25H,7-10,15-19,21H2,1H3,(H2,33,42)(H2,34,35,36,37). The number of carbonyl (C=O) groups is 3. The highest BCUT2D eigenvalue weighted by Gasteiger charge is 2.25. The van der Waals surface area contributed by atoms with Gasteiger partial charge < -0.3 is 30.9 Å². The molecule has 43 heavy (non-hydrogen) atoms. The Morgan fingerprint density at radius 2 is 1.65 bits per heavy atom. The predicted octanol–water partition coefficient (Wildman–Crippen LogP) is 4.09. The van der Waals surface area contributed by atoms with E-state index in [0.29, 0.717) is 37.9 Å². The van der Waals surface area contributed by atoms with Crippen LogP contribution >= 0.6 is 0 Å². The fourth-order valence-corrected chi connectivity index (χ4v) is 5.63. The lowest BCUT2D eigenvalue weighted by atomic mass is 9.84. The number of hydrogen-bond acceptors (Lipinski definition) is 9. The highest BCUT2D eigenvalue weighted by atomic mass is 16.5. The van der Waals surface area contributed by atoms with Crippen molar-refractivity contribution in [2.24, 2.45) is 11.7 Å². The lowest BCUT2D eigenvalue weighted by Crippen LogP contribution is -2.48. The third kappa shape index (κ3) is 8.21. The molecule has 0 bridgehead atoms. The molecule has 4 N–H and O–H groups in total. The van der Waals surface area contributed by atoms with Crippen LogP contribution in [0.2, 0.25) is 0 Å². The molecule has 11 heteroatoms. The lowest BCUT2D eigenvalue weighted by Gasteiger charge is -2.35. The minimum absolute atomic E-state index is 0.0974. The van der Waals surface area contributed by atoms with E-state index in [2.05, 4.69) is 25.5 Å². The van der Waals surface area contributed by atoms with Crippen molar-refractivity contribution in [2.75, 3.05) is 41.7 Å². The molecule has 1 saturated heterocycles. The van der Waals surface area contributed by atoms with Crippen LogP contribution < -0.4 is 21.3 Å². The van der Waals surface area contributed by atoms with Crippen LogP contribution in [0.1, 0.15) is 54.9 Å². The summed E-state index contributed by atoms with van der Waals surface area (Å²) in [5.74, 6) is 0.353. The number of piperazine rings is 1. The molecular formula is C32H39N7O4. The summed E-state index contributed by atoms with van der Waals surface area (Å²) in [7, 11) is 0. The van der Waals surface area contributed by atoms with E-state index in [1.165, 1.54) is 6.20 Å². The SMILES string of the molecule is CC(=O)N1CCN(c2ccc(Nc3ncc(C(N)=O)c(NC4CCC(CC(=O)OCc5ccccc5)CC4)n3)cc2)CC1. The first-order chi connectivity index (χ1) is 20.8. The average Bonchev–Trinajstić information content (AvgIpc) is 3.02. The summed E-state index contributed by atoms with van der Waals surface area (Å²) in [4.78, 5) is 49.1. The molecule has 2 amide bonds. The summed E-state index contributed by atoms with van der Waals surface area (Å²) in [5.41, 5.74) is 8.73. The first kappa shape index (κ1) is 29.8. The van der Waals surface area contributed by atoms with Crippen molar-refractivity contribution >= 4 is 40.9 Å². The molecule has 2 fully saturated rings. The minimum atomic E-state index is -0.599. The number of carbonyl (C=O) groups excluding carboxylic acids is 3. The second kappa shape index (κ2) is 14.0. The van der Waals surface area contributed by atoms with Crippen LogP contribution in [-0.2, 0) is 20.9 Å². The molecule has 5 rings (SSSR count). The van der Waals surface area contributed by atoms with Gasteiger partial charge in [-0.2, -0.15) is 4.98 Å². The number of benzene rings is 2. The zero-order valence-electron chi connectivity index (χ0n) is 24.5. The molecule has 3 aromatic rings. The number of primary amides is 1. The van der Waals surface area contributed by atoms with Gasteiger partial charge in [-0.15, -0.1) is 0 Å². The van der Waals surface area contributed by atoms with Crippen LogP contribution in [-0.4, -0.2) is 64.9 Å². The number of nitrogens with one attached hydrogen (secondary N) is 2.